The zero-order valence-electron chi connectivity index (χ0n) is 13.5. The Hall–Kier alpha value is -1.52. The molecule has 23 heavy (non-hydrogen) atoms. The molecule has 2 aliphatic heterocycles. The van der Waals surface area contributed by atoms with Crippen molar-refractivity contribution in [1.29, 1.82) is 0 Å². The Bertz CT molecular complexity index is 701. The molecule has 1 aromatic carbocycles. The van der Waals surface area contributed by atoms with E-state index in [9.17, 15) is 5.11 Å². The van der Waals surface area contributed by atoms with Crippen molar-refractivity contribution < 1.29 is 9.84 Å². The quantitative estimate of drug-likeness (QED) is 0.820. The SMILES string of the molecule is CCCN1CC[C@]23c4c5ccc(O)c4O[C@H]2[C@H](N)C=C[C@H]3[C@H]1C5. The summed E-state index contributed by atoms with van der Waals surface area (Å²) in [5, 5.41) is 10.3. The Labute approximate surface area is 136 Å². The number of phenols is 1. The van der Waals surface area contributed by atoms with Gasteiger partial charge in [0.2, 0.25) is 0 Å². The number of rotatable bonds is 2. The van der Waals surface area contributed by atoms with Gasteiger partial charge in [0.1, 0.15) is 6.10 Å². The minimum Gasteiger partial charge on any atom is -0.504 e. The fraction of sp³-hybridized carbons (Fsp3) is 0.579. The van der Waals surface area contributed by atoms with Crippen molar-refractivity contribution in [2.24, 2.45) is 11.7 Å². The molecule has 0 aromatic heterocycles. The first-order valence-corrected chi connectivity index (χ1v) is 8.86. The van der Waals surface area contributed by atoms with Crippen LogP contribution in [-0.2, 0) is 11.8 Å². The van der Waals surface area contributed by atoms with E-state index < -0.39 is 0 Å². The molecule has 2 bridgehead atoms. The van der Waals surface area contributed by atoms with Gasteiger partial charge in [0.25, 0.3) is 0 Å². The lowest BCUT2D eigenvalue weighted by molar-refractivity contribution is -0.0149. The Balaban J connectivity index is 1.74. The fourth-order valence-electron chi connectivity index (χ4n) is 5.76. The lowest BCUT2D eigenvalue weighted by Gasteiger charge is -2.57. The molecule has 5 rings (SSSR count). The molecule has 1 spiro atoms. The standard InChI is InChI=1S/C19H24N2O2/c1-2-8-21-9-7-19-12-4-5-13(20)18(19)23-17-15(22)6-3-11(16(17)19)10-14(12)21/h3-6,12-14,18,22H,2,7-10,20H2,1H3/t12-,13+,14+,18-,19-/m0/s1. The molecule has 5 atom stereocenters. The third kappa shape index (κ3) is 1.54. The Morgan fingerprint density at radius 1 is 1.39 bits per heavy atom. The Morgan fingerprint density at radius 2 is 2.26 bits per heavy atom. The molecule has 0 unspecified atom stereocenters. The van der Waals surface area contributed by atoms with Crippen molar-refractivity contribution in [1.82, 2.24) is 4.90 Å². The van der Waals surface area contributed by atoms with E-state index in [2.05, 4.69) is 30.0 Å². The van der Waals surface area contributed by atoms with Crippen molar-refractivity contribution in [3.63, 3.8) is 0 Å². The highest BCUT2D eigenvalue weighted by Gasteiger charge is 2.64. The molecule has 1 aromatic rings. The number of likely N-dealkylation sites (tertiary alicyclic amines) is 1. The molecule has 2 heterocycles. The number of hydrogen-bond acceptors (Lipinski definition) is 4. The summed E-state index contributed by atoms with van der Waals surface area (Å²) in [6.07, 6.45) is 7.74. The highest BCUT2D eigenvalue weighted by atomic mass is 16.5. The first kappa shape index (κ1) is 13.9. The Kier molecular flexibility index (Phi) is 2.73. The second kappa shape index (κ2) is 4.52. The Morgan fingerprint density at radius 3 is 3.09 bits per heavy atom. The van der Waals surface area contributed by atoms with Gasteiger partial charge in [-0.05, 0) is 44.0 Å². The summed E-state index contributed by atoms with van der Waals surface area (Å²) in [7, 11) is 0. The molecule has 122 valence electrons. The highest BCUT2D eigenvalue weighted by Crippen LogP contribution is 2.62. The largest absolute Gasteiger partial charge is 0.504 e. The number of hydrogen-bond donors (Lipinski definition) is 2. The van der Waals surface area contributed by atoms with Crippen molar-refractivity contribution in [3.8, 4) is 11.5 Å². The molecule has 4 nitrogen and oxygen atoms in total. The van der Waals surface area contributed by atoms with Crippen LogP contribution in [0.5, 0.6) is 11.5 Å². The predicted octanol–water partition coefficient (Wildman–Crippen LogP) is 1.94. The summed E-state index contributed by atoms with van der Waals surface area (Å²) in [4.78, 5) is 2.65. The molecule has 1 fully saturated rings. The lowest BCUT2D eigenvalue weighted by Crippen LogP contribution is -2.66. The van der Waals surface area contributed by atoms with Gasteiger partial charge in [-0.3, -0.25) is 4.90 Å². The van der Waals surface area contributed by atoms with Crippen LogP contribution >= 0.6 is 0 Å². The van der Waals surface area contributed by atoms with E-state index in [-0.39, 0.29) is 23.3 Å². The number of piperidine rings is 1. The highest BCUT2D eigenvalue weighted by molar-refractivity contribution is 5.61. The van der Waals surface area contributed by atoms with Crippen LogP contribution in [-0.4, -0.2) is 41.3 Å². The van der Waals surface area contributed by atoms with Crippen LogP contribution in [0.25, 0.3) is 0 Å². The van der Waals surface area contributed by atoms with Gasteiger partial charge in [-0.25, -0.2) is 0 Å². The summed E-state index contributed by atoms with van der Waals surface area (Å²) in [5.41, 5.74) is 8.98. The summed E-state index contributed by atoms with van der Waals surface area (Å²) in [5.74, 6) is 1.43. The van der Waals surface area contributed by atoms with Gasteiger partial charge in [0.05, 0.1) is 6.04 Å². The van der Waals surface area contributed by atoms with Crippen molar-refractivity contribution >= 4 is 0 Å². The number of nitrogens with two attached hydrogens (primary N) is 1. The smallest absolute Gasteiger partial charge is 0.165 e. The van der Waals surface area contributed by atoms with E-state index in [0.29, 0.717) is 17.7 Å². The van der Waals surface area contributed by atoms with Crippen molar-refractivity contribution in [2.75, 3.05) is 13.1 Å². The van der Waals surface area contributed by atoms with Gasteiger partial charge >= 0.3 is 0 Å². The predicted molar refractivity (Wildman–Crippen MR) is 88.8 cm³/mol. The van der Waals surface area contributed by atoms with Crippen LogP contribution in [0, 0.1) is 5.92 Å². The molecule has 0 amide bonds. The van der Waals surface area contributed by atoms with Gasteiger partial charge in [-0.2, -0.15) is 0 Å². The third-order valence-electron chi connectivity index (χ3n) is 6.56. The number of phenolic OH excluding ortho intramolecular Hbond substituents is 1. The van der Waals surface area contributed by atoms with E-state index >= 15 is 0 Å². The summed E-state index contributed by atoms with van der Waals surface area (Å²) >= 11 is 0. The maximum Gasteiger partial charge on any atom is 0.165 e. The normalized spacial score (nSPS) is 39.9. The molecular formula is C19H24N2O2. The average Bonchev–Trinajstić information content (AvgIpc) is 2.89. The van der Waals surface area contributed by atoms with Crippen LogP contribution in [0.4, 0.5) is 0 Å². The number of ether oxygens (including phenoxy) is 1. The zero-order chi connectivity index (χ0) is 15.8. The molecule has 3 N–H and O–H groups in total. The van der Waals surface area contributed by atoms with E-state index in [1.165, 1.54) is 17.5 Å². The maximum absolute atomic E-state index is 10.3. The summed E-state index contributed by atoms with van der Waals surface area (Å²) in [6, 6.07) is 4.33. The first-order valence-electron chi connectivity index (χ1n) is 8.86. The minimum absolute atomic E-state index is 0.0360. The topological polar surface area (TPSA) is 58.7 Å². The molecule has 2 aliphatic carbocycles. The molecule has 0 saturated carbocycles. The van der Waals surface area contributed by atoms with E-state index in [4.69, 9.17) is 10.5 Å². The van der Waals surface area contributed by atoms with Crippen LogP contribution in [0.2, 0.25) is 0 Å². The molecule has 0 radical (unpaired) electrons. The third-order valence-corrected chi connectivity index (χ3v) is 6.56. The average molecular weight is 312 g/mol. The minimum atomic E-state index is -0.0950. The van der Waals surface area contributed by atoms with E-state index in [0.717, 1.165) is 25.9 Å². The van der Waals surface area contributed by atoms with Crippen molar-refractivity contribution in [2.45, 2.75) is 49.8 Å². The molecular weight excluding hydrogens is 288 g/mol. The van der Waals surface area contributed by atoms with Gasteiger partial charge < -0.3 is 15.6 Å². The lowest BCUT2D eigenvalue weighted by atomic mass is 9.53. The van der Waals surface area contributed by atoms with Gasteiger partial charge in [-0.1, -0.05) is 25.1 Å². The van der Waals surface area contributed by atoms with Crippen LogP contribution < -0.4 is 10.5 Å². The molecule has 1 saturated heterocycles. The maximum atomic E-state index is 10.3. The van der Waals surface area contributed by atoms with Crippen molar-refractivity contribution in [3.05, 3.63) is 35.4 Å². The van der Waals surface area contributed by atoms with Gasteiger partial charge in [-0.15, -0.1) is 0 Å². The fourth-order valence-corrected chi connectivity index (χ4v) is 5.76. The van der Waals surface area contributed by atoms with Gasteiger partial charge in [0.15, 0.2) is 11.5 Å². The number of nitrogens with zero attached hydrogens (tertiary/aromatic N) is 1. The zero-order valence-corrected chi connectivity index (χ0v) is 13.5. The number of aromatic hydroxyl groups is 1. The second-order valence-electron chi connectivity index (χ2n) is 7.57. The van der Waals surface area contributed by atoms with Crippen LogP contribution in [0.15, 0.2) is 24.3 Å². The van der Waals surface area contributed by atoms with E-state index in [1.54, 1.807) is 6.07 Å². The van der Waals surface area contributed by atoms with Gasteiger partial charge in [0, 0.05) is 22.9 Å². The first-order chi connectivity index (χ1) is 11.2. The second-order valence-corrected chi connectivity index (χ2v) is 7.57. The summed E-state index contributed by atoms with van der Waals surface area (Å²) < 4.78 is 6.27. The number of benzene rings is 1. The monoisotopic (exact) mass is 312 g/mol. The summed E-state index contributed by atoms with van der Waals surface area (Å²) in [6.45, 7) is 4.51. The molecule has 4 aliphatic rings. The van der Waals surface area contributed by atoms with E-state index in [1.807, 2.05) is 0 Å². The van der Waals surface area contributed by atoms with Crippen LogP contribution in [0.1, 0.15) is 30.9 Å². The molecule has 4 heteroatoms. The van der Waals surface area contributed by atoms with Crippen LogP contribution in [0.3, 0.4) is 0 Å².